The molecule has 0 fully saturated rings. The van der Waals surface area contributed by atoms with Gasteiger partial charge in [-0.25, -0.2) is 0 Å². The van der Waals surface area contributed by atoms with Crippen molar-refractivity contribution in [3.05, 3.63) is 12.7 Å². The first-order valence-corrected chi connectivity index (χ1v) is 2.75. The minimum absolute atomic E-state index is 0. The second kappa shape index (κ2) is 29.2. The summed E-state index contributed by atoms with van der Waals surface area (Å²) in [5.41, 5.74) is 0. The van der Waals surface area contributed by atoms with Crippen molar-refractivity contribution in [2.75, 3.05) is 6.16 Å². The van der Waals surface area contributed by atoms with E-state index in [0.717, 1.165) is 6.16 Å². The Morgan fingerprint density at radius 1 is 1.71 bits per heavy atom. The SMILES string of the molecule is C=CCP.Cl.[O]=[Al]. The Kier molecular flexibility index (Phi) is 65.4. The number of hydrogen-bond donors (Lipinski definition) is 0. The van der Waals surface area contributed by atoms with Crippen LogP contribution in [0.3, 0.4) is 0 Å². The van der Waals surface area contributed by atoms with Crippen LogP contribution in [-0.4, -0.2) is 22.4 Å². The van der Waals surface area contributed by atoms with Crippen LogP contribution in [0, 0.1) is 0 Å². The Hall–Kier alpha value is 0.792. The zero-order valence-corrected chi connectivity index (χ0v) is 7.09. The van der Waals surface area contributed by atoms with Gasteiger partial charge in [-0.1, -0.05) is 6.08 Å². The normalized spacial score (nSPS) is 4.00. The van der Waals surface area contributed by atoms with E-state index >= 15 is 0 Å². The van der Waals surface area contributed by atoms with Gasteiger partial charge in [0.15, 0.2) is 0 Å². The van der Waals surface area contributed by atoms with Crippen molar-refractivity contribution in [1.82, 2.24) is 0 Å². The van der Waals surface area contributed by atoms with Crippen LogP contribution in [0.25, 0.3) is 0 Å². The van der Waals surface area contributed by atoms with Crippen LogP contribution >= 0.6 is 21.6 Å². The topological polar surface area (TPSA) is 17.1 Å². The van der Waals surface area contributed by atoms with E-state index < -0.39 is 0 Å². The quantitative estimate of drug-likeness (QED) is 0.312. The molecule has 0 aromatic carbocycles. The number of rotatable bonds is 1. The van der Waals surface area contributed by atoms with Crippen molar-refractivity contribution in [3.63, 3.8) is 0 Å². The standard InChI is InChI=1S/C3H7P.Al.ClH.O/c1-2-3-4;;;/h2H,1,3-4H2;;1H;. The minimum atomic E-state index is 0. The summed E-state index contributed by atoms with van der Waals surface area (Å²) in [6.45, 7) is 3.46. The summed E-state index contributed by atoms with van der Waals surface area (Å²) in [7, 11) is 2.54. The molecule has 1 atom stereocenters. The Bertz CT molecular complexity index is 36.1. The van der Waals surface area contributed by atoms with Crippen LogP contribution in [-0.2, 0) is 3.80 Å². The summed E-state index contributed by atoms with van der Waals surface area (Å²) < 4.78 is 8.17. The Balaban J connectivity index is -0.0000000480. The molecule has 0 rings (SSSR count). The van der Waals surface area contributed by atoms with Gasteiger partial charge in [0, 0.05) is 0 Å². The van der Waals surface area contributed by atoms with Crippen molar-refractivity contribution in [2.24, 2.45) is 0 Å². The molecular weight excluding hydrogens is 145 g/mol. The third-order valence-electron chi connectivity index (χ3n) is 0.167. The van der Waals surface area contributed by atoms with Gasteiger partial charge in [-0.15, -0.1) is 28.2 Å². The summed E-state index contributed by atoms with van der Waals surface area (Å²) in [5, 5.41) is 0. The van der Waals surface area contributed by atoms with Gasteiger partial charge in [-0.05, 0) is 6.16 Å². The molecule has 41 valence electrons. The van der Waals surface area contributed by atoms with E-state index in [0.29, 0.717) is 0 Å². The van der Waals surface area contributed by atoms with Crippen LogP contribution in [0.1, 0.15) is 0 Å². The fourth-order valence-corrected chi connectivity index (χ4v) is 0. The van der Waals surface area contributed by atoms with Crippen LogP contribution in [0.15, 0.2) is 12.7 Å². The second-order valence-corrected chi connectivity index (χ2v) is 0.996. The summed E-state index contributed by atoms with van der Waals surface area (Å²) in [6, 6.07) is 0. The Morgan fingerprint density at radius 2 is 1.86 bits per heavy atom. The van der Waals surface area contributed by atoms with E-state index in [2.05, 4.69) is 15.8 Å². The molecule has 0 bridgehead atoms. The van der Waals surface area contributed by atoms with Gasteiger partial charge in [0.1, 0.15) is 0 Å². The molecular formula is C3H8AlClOP. The van der Waals surface area contributed by atoms with Crippen molar-refractivity contribution in [2.45, 2.75) is 0 Å². The third kappa shape index (κ3) is 48.6. The molecule has 0 N–H and O–H groups in total. The van der Waals surface area contributed by atoms with Gasteiger partial charge in [0.05, 0.1) is 0 Å². The van der Waals surface area contributed by atoms with Crippen LogP contribution in [0.4, 0.5) is 0 Å². The molecule has 0 heterocycles. The van der Waals surface area contributed by atoms with Gasteiger partial charge < -0.3 is 0 Å². The number of halogens is 1. The van der Waals surface area contributed by atoms with Crippen molar-refractivity contribution in [3.8, 4) is 0 Å². The zero-order valence-electron chi connectivity index (χ0n) is 3.96. The Morgan fingerprint density at radius 3 is 1.86 bits per heavy atom. The van der Waals surface area contributed by atoms with E-state index in [4.69, 9.17) is 3.80 Å². The van der Waals surface area contributed by atoms with Gasteiger partial charge >= 0.3 is 20.0 Å². The molecule has 0 aromatic rings. The average molecular weight is 154 g/mol. The first-order valence-electron chi connectivity index (χ1n) is 1.46. The molecule has 0 amide bonds. The molecule has 0 saturated heterocycles. The summed E-state index contributed by atoms with van der Waals surface area (Å²) in [5.74, 6) is 0. The first kappa shape index (κ1) is 15.7. The molecule has 0 aliphatic rings. The van der Waals surface area contributed by atoms with Gasteiger partial charge in [-0.3, -0.25) is 0 Å². The van der Waals surface area contributed by atoms with Crippen LogP contribution in [0.2, 0.25) is 0 Å². The molecule has 0 spiro atoms. The van der Waals surface area contributed by atoms with E-state index in [1.165, 1.54) is 16.2 Å². The predicted octanol–water partition coefficient (Wildman–Crippen LogP) is 0.970. The predicted molar refractivity (Wildman–Crippen MR) is 38.5 cm³/mol. The zero-order chi connectivity index (χ0) is 5.41. The molecule has 0 aromatic heterocycles. The van der Waals surface area contributed by atoms with E-state index in [1.807, 2.05) is 6.08 Å². The molecule has 1 unspecified atom stereocenters. The molecule has 0 aliphatic heterocycles. The fourth-order valence-electron chi connectivity index (χ4n) is 0. The molecule has 0 saturated carbocycles. The maximum atomic E-state index is 8.17. The fraction of sp³-hybridized carbons (Fsp3) is 0.333. The van der Waals surface area contributed by atoms with E-state index in [9.17, 15) is 0 Å². The van der Waals surface area contributed by atoms with Gasteiger partial charge in [0.25, 0.3) is 0 Å². The van der Waals surface area contributed by atoms with Crippen LogP contribution in [0.5, 0.6) is 0 Å². The summed E-state index contributed by atoms with van der Waals surface area (Å²) in [4.78, 5) is 0. The molecule has 7 heavy (non-hydrogen) atoms. The third-order valence-corrected chi connectivity index (χ3v) is 0.500. The molecule has 0 aliphatic carbocycles. The van der Waals surface area contributed by atoms with E-state index in [-0.39, 0.29) is 12.4 Å². The van der Waals surface area contributed by atoms with Crippen molar-refractivity contribution < 1.29 is 3.80 Å². The van der Waals surface area contributed by atoms with E-state index in [1.54, 1.807) is 0 Å². The molecule has 1 radical (unpaired) electrons. The van der Waals surface area contributed by atoms with Crippen LogP contribution < -0.4 is 0 Å². The maximum absolute atomic E-state index is 8.17. The van der Waals surface area contributed by atoms with Crippen molar-refractivity contribution in [1.29, 1.82) is 0 Å². The second-order valence-electron chi connectivity index (χ2n) is 0.524. The number of allylic oxidation sites excluding steroid dienone is 1. The monoisotopic (exact) mass is 153 g/mol. The summed E-state index contributed by atoms with van der Waals surface area (Å²) >= 11 is 1.17. The van der Waals surface area contributed by atoms with Gasteiger partial charge in [-0.2, -0.15) is 0 Å². The number of hydrogen-bond acceptors (Lipinski definition) is 1. The molecule has 4 heteroatoms. The average Bonchev–Trinajstić information content (AvgIpc) is 1.72. The van der Waals surface area contributed by atoms with Gasteiger partial charge in [0.2, 0.25) is 0 Å². The molecule has 1 nitrogen and oxygen atoms in total. The van der Waals surface area contributed by atoms with Crippen molar-refractivity contribution >= 4 is 37.9 Å². The summed E-state index contributed by atoms with van der Waals surface area (Å²) in [6.07, 6.45) is 2.84. The first-order chi connectivity index (χ1) is 2.91. The Labute approximate surface area is 60.8 Å².